The zero-order chi connectivity index (χ0) is 14.5. The Morgan fingerprint density at radius 3 is 2.80 bits per heavy atom. The number of rotatable bonds is 6. The molecule has 0 saturated heterocycles. The maximum atomic E-state index is 4.70. The first-order valence-corrected chi connectivity index (χ1v) is 7.73. The van der Waals surface area contributed by atoms with E-state index < -0.39 is 0 Å². The number of aromatic nitrogens is 2. The van der Waals surface area contributed by atoms with E-state index >= 15 is 0 Å². The molecule has 2 rings (SSSR count). The highest BCUT2D eigenvalue weighted by atomic mass is 32.1. The lowest BCUT2D eigenvalue weighted by Gasteiger charge is -2.18. The van der Waals surface area contributed by atoms with Crippen LogP contribution in [-0.4, -0.2) is 23.1 Å². The fourth-order valence-corrected chi connectivity index (χ4v) is 2.69. The van der Waals surface area contributed by atoms with Crippen LogP contribution in [0.4, 0.5) is 5.82 Å². The van der Waals surface area contributed by atoms with Gasteiger partial charge in [0.25, 0.3) is 0 Å². The van der Waals surface area contributed by atoms with Crippen molar-refractivity contribution < 1.29 is 0 Å². The fourth-order valence-electron chi connectivity index (χ4n) is 1.86. The molecule has 0 amide bonds. The van der Waals surface area contributed by atoms with E-state index in [0.717, 1.165) is 30.3 Å². The van der Waals surface area contributed by atoms with E-state index in [4.69, 9.17) is 4.98 Å². The van der Waals surface area contributed by atoms with Crippen LogP contribution in [0.1, 0.15) is 30.1 Å². The molecule has 4 nitrogen and oxygen atoms in total. The summed E-state index contributed by atoms with van der Waals surface area (Å²) in [6, 6.07) is 6.65. The summed E-state index contributed by atoms with van der Waals surface area (Å²) >= 11 is 1.70. The highest BCUT2D eigenvalue weighted by Crippen LogP contribution is 2.18. The summed E-state index contributed by atoms with van der Waals surface area (Å²) in [4.78, 5) is 12.5. The number of anilines is 1. The molecule has 0 atom stereocenters. The zero-order valence-electron chi connectivity index (χ0n) is 12.6. The van der Waals surface area contributed by atoms with Crippen LogP contribution in [0, 0.1) is 6.92 Å². The molecule has 0 aromatic carbocycles. The molecule has 2 aromatic rings. The van der Waals surface area contributed by atoms with Crippen LogP contribution in [0.5, 0.6) is 0 Å². The van der Waals surface area contributed by atoms with Crippen LogP contribution in [-0.2, 0) is 13.1 Å². The molecule has 1 N–H and O–H groups in total. The number of nitrogens with zero attached hydrogens (tertiary/aromatic N) is 3. The van der Waals surface area contributed by atoms with E-state index in [-0.39, 0.29) is 0 Å². The predicted octanol–water partition coefficient (Wildman–Crippen LogP) is 2.98. The normalized spacial score (nSPS) is 11.1. The van der Waals surface area contributed by atoms with Gasteiger partial charge in [-0.05, 0) is 19.1 Å². The second-order valence-corrected chi connectivity index (χ2v) is 6.18. The molecule has 0 spiro atoms. The number of hydrogen-bond donors (Lipinski definition) is 1. The topological polar surface area (TPSA) is 41.1 Å². The first-order valence-electron chi connectivity index (χ1n) is 6.85. The summed E-state index contributed by atoms with van der Waals surface area (Å²) in [7, 11) is 2.07. The SMILES string of the molecule is Cc1ncsc1CN(C)c1cccc(CNC(C)C)n1. The Kier molecular flexibility index (Phi) is 5.09. The average molecular weight is 290 g/mol. The lowest BCUT2D eigenvalue weighted by atomic mass is 10.3. The van der Waals surface area contributed by atoms with Crippen LogP contribution in [0.25, 0.3) is 0 Å². The van der Waals surface area contributed by atoms with Crippen LogP contribution < -0.4 is 10.2 Å². The van der Waals surface area contributed by atoms with E-state index in [9.17, 15) is 0 Å². The van der Waals surface area contributed by atoms with E-state index in [1.807, 2.05) is 5.51 Å². The van der Waals surface area contributed by atoms with Crippen LogP contribution in [0.15, 0.2) is 23.7 Å². The molecule has 5 heteroatoms. The zero-order valence-corrected chi connectivity index (χ0v) is 13.4. The van der Waals surface area contributed by atoms with Gasteiger partial charge < -0.3 is 10.2 Å². The molecule has 20 heavy (non-hydrogen) atoms. The fraction of sp³-hybridized carbons (Fsp3) is 0.467. The Morgan fingerprint density at radius 2 is 2.15 bits per heavy atom. The van der Waals surface area contributed by atoms with Crippen molar-refractivity contribution in [2.24, 2.45) is 0 Å². The minimum atomic E-state index is 0.470. The van der Waals surface area contributed by atoms with Crippen molar-refractivity contribution in [3.63, 3.8) is 0 Å². The van der Waals surface area contributed by atoms with Crippen molar-refractivity contribution in [2.45, 2.75) is 39.9 Å². The third-order valence-corrected chi connectivity index (χ3v) is 4.02. The molecule has 0 aliphatic rings. The number of pyridine rings is 1. The summed E-state index contributed by atoms with van der Waals surface area (Å²) in [6.07, 6.45) is 0. The van der Waals surface area contributed by atoms with Gasteiger partial charge in [0.05, 0.1) is 23.4 Å². The molecule has 0 aliphatic heterocycles. The van der Waals surface area contributed by atoms with E-state index in [1.165, 1.54) is 4.88 Å². The average Bonchev–Trinajstić information content (AvgIpc) is 2.82. The quantitative estimate of drug-likeness (QED) is 0.888. The van der Waals surface area contributed by atoms with Crippen molar-refractivity contribution in [3.8, 4) is 0 Å². The lowest BCUT2D eigenvalue weighted by molar-refractivity contribution is 0.581. The van der Waals surface area contributed by atoms with Crippen LogP contribution >= 0.6 is 11.3 Å². The molecular weight excluding hydrogens is 268 g/mol. The van der Waals surface area contributed by atoms with Crippen molar-refractivity contribution in [1.29, 1.82) is 0 Å². The molecule has 0 saturated carbocycles. The molecule has 0 aliphatic carbocycles. The Morgan fingerprint density at radius 1 is 1.35 bits per heavy atom. The predicted molar refractivity (Wildman–Crippen MR) is 85.2 cm³/mol. The third kappa shape index (κ3) is 4.02. The van der Waals surface area contributed by atoms with Gasteiger partial charge in [-0.3, -0.25) is 0 Å². The van der Waals surface area contributed by atoms with E-state index in [0.29, 0.717) is 6.04 Å². The van der Waals surface area contributed by atoms with Gasteiger partial charge in [0, 0.05) is 24.5 Å². The second-order valence-electron chi connectivity index (χ2n) is 5.24. The van der Waals surface area contributed by atoms with Crippen molar-refractivity contribution in [2.75, 3.05) is 11.9 Å². The van der Waals surface area contributed by atoms with Crippen molar-refractivity contribution in [3.05, 3.63) is 40.0 Å². The number of aryl methyl sites for hydroxylation is 1. The molecule has 2 heterocycles. The molecule has 0 unspecified atom stereocenters. The maximum Gasteiger partial charge on any atom is 0.128 e. The van der Waals surface area contributed by atoms with E-state index in [2.05, 4.69) is 61.2 Å². The highest BCUT2D eigenvalue weighted by molar-refractivity contribution is 7.09. The summed E-state index contributed by atoms with van der Waals surface area (Å²) in [5.74, 6) is 1.00. The highest BCUT2D eigenvalue weighted by Gasteiger charge is 2.08. The Balaban J connectivity index is 2.04. The number of nitrogens with one attached hydrogen (secondary N) is 1. The number of hydrogen-bond acceptors (Lipinski definition) is 5. The summed E-state index contributed by atoms with van der Waals surface area (Å²) in [5, 5.41) is 3.39. The third-order valence-electron chi connectivity index (χ3n) is 3.10. The van der Waals surface area contributed by atoms with Gasteiger partial charge in [0.15, 0.2) is 0 Å². The first-order chi connectivity index (χ1) is 9.56. The monoisotopic (exact) mass is 290 g/mol. The molecule has 0 fully saturated rings. The summed E-state index contributed by atoms with van der Waals surface area (Å²) < 4.78 is 0. The second kappa shape index (κ2) is 6.81. The maximum absolute atomic E-state index is 4.70. The molecule has 2 aromatic heterocycles. The smallest absolute Gasteiger partial charge is 0.128 e. The standard InChI is InChI=1S/C15H22N4S/c1-11(2)16-8-13-6-5-7-15(18-13)19(4)9-14-12(3)17-10-20-14/h5-7,10-11,16H,8-9H2,1-4H3. The molecule has 0 bridgehead atoms. The Labute approximate surface area is 124 Å². The van der Waals surface area contributed by atoms with Gasteiger partial charge in [-0.25, -0.2) is 9.97 Å². The van der Waals surface area contributed by atoms with E-state index in [1.54, 1.807) is 11.3 Å². The van der Waals surface area contributed by atoms with Crippen LogP contribution in [0.3, 0.4) is 0 Å². The minimum Gasteiger partial charge on any atom is -0.354 e. The molecule has 108 valence electrons. The molecule has 0 radical (unpaired) electrons. The van der Waals surface area contributed by atoms with Crippen molar-refractivity contribution >= 4 is 17.2 Å². The van der Waals surface area contributed by atoms with Gasteiger partial charge in [-0.2, -0.15) is 0 Å². The van der Waals surface area contributed by atoms with Gasteiger partial charge in [0.2, 0.25) is 0 Å². The van der Waals surface area contributed by atoms with Crippen LogP contribution in [0.2, 0.25) is 0 Å². The largest absolute Gasteiger partial charge is 0.354 e. The summed E-state index contributed by atoms with van der Waals surface area (Å²) in [6.45, 7) is 7.99. The Hall–Kier alpha value is -1.46. The van der Waals surface area contributed by atoms with Gasteiger partial charge >= 0.3 is 0 Å². The Bertz CT molecular complexity index is 550. The number of thiazole rings is 1. The van der Waals surface area contributed by atoms with Gasteiger partial charge in [-0.15, -0.1) is 11.3 Å². The minimum absolute atomic E-state index is 0.470. The lowest BCUT2D eigenvalue weighted by Crippen LogP contribution is -2.23. The molecular formula is C15H22N4S. The van der Waals surface area contributed by atoms with Gasteiger partial charge in [0.1, 0.15) is 5.82 Å². The first kappa shape index (κ1) is 14.9. The van der Waals surface area contributed by atoms with Gasteiger partial charge in [-0.1, -0.05) is 19.9 Å². The summed E-state index contributed by atoms with van der Waals surface area (Å²) in [5.41, 5.74) is 4.08. The van der Waals surface area contributed by atoms with Crippen molar-refractivity contribution in [1.82, 2.24) is 15.3 Å².